The van der Waals surface area contributed by atoms with Gasteiger partial charge in [0.1, 0.15) is 0 Å². The summed E-state index contributed by atoms with van der Waals surface area (Å²) in [5.41, 5.74) is 30.3. The van der Waals surface area contributed by atoms with Crippen molar-refractivity contribution in [3.8, 4) is 111 Å². The van der Waals surface area contributed by atoms with Crippen molar-refractivity contribution >= 4 is 140 Å². The van der Waals surface area contributed by atoms with Gasteiger partial charge in [-0.05, 0) is 217 Å². The summed E-state index contributed by atoms with van der Waals surface area (Å²) < 4.78 is 5.12. The van der Waals surface area contributed by atoms with E-state index in [1.54, 1.807) is 0 Å². The lowest BCUT2D eigenvalue weighted by Crippen LogP contribution is -2.11. The monoisotopic (exact) mass is 1580 g/mol. The molecule has 0 fully saturated rings. The molecule has 2 aromatic heterocycles. The molecule has 0 amide bonds. The smallest absolute Gasteiger partial charge is 0.0540 e. The fourth-order valence-corrected chi connectivity index (χ4v) is 21.1. The summed E-state index contributed by atoms with van der Waals surface area (Å²) in [4.78, 5) is 4.88. The summed E-state index contributed by atoms with van der Waals surface area (Å²) in [6, 6.07) is 171. The first kappa shape index (κ1) is 72.0. The van der Waals surface area contributed by atoms with E-state index in [0.29, 0.717) is 0 Å². The van der Waals surface area contributed by atoms with Crippen LogP contribution in [0.3, 0.4) is 0 Å². The molecule has 0 aliphatic carbocycles. The van der Waals surface area contributed by atoms with Crippen LogP contribution < -0.4 is 9.80 Å². The first-order chi connectivity index (χ1) is 60.4. The molecule has 0 N–H and O–H groups in total. The minimum atomic E-state index is 1.07. The molecule has 0 unspecified atom stereocenters. The minimum Gasteiger partial charge on any atom is -0.310 e. The number of para-hydroxylation sites is 2. The Labute approximate surface area is 716 Å². The first-order valence-corrected chi connectivity index (χ1v) is 43.4. The van der Waals surface area contributed by atoms with Crippen LogP contribution in [0.4, 0.5) is 34.1 Å². The Morgan fingerprint density at radius 2 is 0.410 bits per heavy atom. The molecule has 122 heavy (non-hydrogen) atoms. The Bertz CT molecular complexity index is 7950. The fourth-order valence-electron chi connectivity index (χ4n) is 18.5. The van der Waals surface area contributed by atoms with E-state index in [2.05, 4.69) is 471 Å². The molecular formula is C118H76N2S2. The highest BCUT2D eigenvalue weighted by molar-refractivity contribution is 7.27. The number of rotatable bonds is 16. The molecule has 570 valence electrons. The molecule has 0 bridgehead atoms. The van der Waals surface area contributed by atoms with Gasteiger partial charge in [-0.2, -0.15) is 0 Å². The van der Waals surface area contributed by atoms with Crippen molar-refractivity contribution in [1.82, 2.24) is 0 Å². The Morgan fingerprint density at radius 1 is 0.139 bits per heavy atom. The molecule has 21 aromatic carbocycles. The fraction of sp³-hybridized carbons (Fsp3) is 0. The van der Waals surface area contributed by atoms with Crippen molar-refractivity contribution < 1.29 is 0 Å². The summed E-state index contributed by atoms with van der Waals surface area (Å²) >= 11 is 3.77. The number of benzene rings is 21. The lowest BCUT2D eigenvalue weighted by molar-refractivity contribution is 1.28. The van der Waals surface area contributed by atoms with E-state index < -0.39 is 0 Å². The molecule has 0 aliphatic rings. The van der Waals surface area contributed by atoms with Crippen molar-refractivity contribution in [2.75, 3.05) is 9.80 Å². The molecule has 0 spiro atoms. The van der Waals surface area contributed by atoms with Crippen LogP contribution in [-0.2, 0) is 0 Å². The number of thiophene rings is 2. The molecule has 0 saturated heterocycles. The standard InChI is InChI=1S/C118H76N2S2/c1-2-21-91-74-92(55-48-77(91)18-1)85-64-72-99(73-65-85)120(98-70-62-83(63-71-98)80-46-53-90(54-47-80)103-30-14-23-88-20-4-6-25-101(88)103)114-38-11-8-27-106(114)109-33-17-36-112-111-35-15-31-104(116(111)122-118(109)112)94-57-50-86-49-56-93(75-95(86)76-94)84-42-40-78(41-43-84)81-58-66-96(67-59-81)119(113-37-10-7-26-105(113)108-32-16-34-110-107-28-9-12-39-115(107)121-117(108)110)97-68-60-82(61-69-97)79-44-51-89(52-45-79)102-29-13-22-87-19-3-5-24-100(87)102/h1-76H. The van der Waals surface area contributed by atoms with Crippen LogP contribution in [0.5, 0.6) is 0 Å². The van der Waals surface area contributed by atoms with Gasteiger partial charge in [-0.15, -0.1) is 22.7 Å². The van der Waals surface area contributed by atoms with Gasteiger partial charge in [0.2, 0.25) is 0 Å². The highest BCUT2D eigenvalue weighted by Gasteiger charge is 2.24. The Kier molecular flexibility index (Phi) is 18.0. The predicted octanol–water partition coefficient (Wildman–Crippen LogP) is 34.6. The van der Waals surface area contributed by atoms with E-state index in [-0.39, 0.29) is 0 Å². The zero-order valence-corrected chi connectivity index (χ0v) is 68.2. The van der Waals surface area contributed by atoms with Gasteiger partial charge in [0.05, 0.1) is 11.4 Å². The quantitative estimate of drug-likeness (QED) is 0.0951. The summed E-state index contributed by atoms with van der Waals surface area (Å²) in [6.45, 7) is 0. The van der Waals surface area contributed by atoms with Gasteiger partial charge in [0, 0.05) is 85.3 Å². The highest BCUT2D eigenvalue weighted by atomic mass is 32.1. The Morgan fingerprint density at radius 3 is 0.877 bits per heavy atom. The average molecular weight is 1590 g/mol. The maximum Gasteiger partial charge on any atom is 0.0540 e. The maximum atomic E-state index is 2.44. The van der Waals surface area contributed by atoms with E-state index in [0.717, 1.165) is 56.4 Å². The van der Waals surface area contributed by atoms with Crippen LogP contribution >= 0.6 is 22.7 Å². The molecule has 2 heterocycles. The number of anilines is 6. The van der Waals surface area contributed by atoms with E-state index in [1.807, 2.05) is 22.7 Å². The molecule has 0 saturated carbocycles. The second-order valence-corrected chi connectivity index (χ2v) is 33.8. The summed E-state index contributed by atoms with van der Waals surface area (Å²) in [5, 5.41) is 15.0. The Balaban J connectivity index is 0.548. The predicted molar refractivity (Wildman–Crippen MR) is 526 cm³/mol. The van der Waals surface area contributed by atoms with Crippen LogP contribution in [0.2, 0.25) is 0 Å². The highest BCUT2D eigenvalue weighted by Crippen LogP contribution is 2.51. The normalized spacial score (nSPS) is 11.6. The van der Waals surface area contributed by atoms with Crippen molar-refractivity contribution in [2.24, 2.45) is 0 Å². The van der Waals surface area contributed by atoms with Crippen molar-refractivity contribution in [3.63, 3.8) is 0 Å². The molecule has 23 aromatic rings. The van der Waals surface area contributed by atoms with Crippen LogP contribution in [-0.4, -0.2) is 0 Å². The van der Waals surface area contributed by atoms with Gasteiger partial charge in [0.25, 0.3) is 0 Å². The molecule has 4 heteroatoms. The molecular weight excluding hydrogens is 1510 g/mol. The first-order valence-electron chi connectivity index (χ1n) is 41.8. The van der Waals surface area contributed by atoms with Gasteiger partial charge in [0.15, 0.2) is 0 Å². The van der Waals surface area contributed by atoms with E-state index in [9.17, 15) is 0 Å². The molecule has 0 aliphatic heterocycles. The minimum absolute atomic E-state index is 1.07. The summed E-state index contributed by atoms with van der Waals surface area (Å²) in [6.07, 6.45) is 0. The van der Waals surface area contributed by atoms with Crippen LogP contribution in [0.1, 0.15) is 0 Å². The maximum absolute atomic E-state index is 2.44. The lowest BCUT2D eigenvalue weighted by Gasteiger charge is -2.28. The second-order valence-electron chi connectivity index (χ2n) is 31.8. The number of nitrogens with zero attached hydrogens (tertiary/aromatic N) is 2. The molecule has 2 nitrogen and oxygen atoms in total. The van der Waals surface area contributed by atoms with Crippen LogP contribution in [0, 0.1) is 0 Å². The zero-order valence-electron chi connectivity index (χ0n) is 66.6. The summed E-state index contributed by atoms with van der Waals surface area (Å²) in [5.74, 6) is 0. The van der Waals surface area contributed by atoms with Crippen LogP contribution in [0.25, 0.3) is 195 Å². The third kappa shape index (κ3) is 13.1. The lowest BCUT2D eigenvalue weighted by atomic mass is 9.95. The van der Waals surface area contributed by atoms with E-state index in [1.165, 1.54) is 172 Å². The third-order valence-corrected chi connectivity index (χ3v) is 27.2. The van der Waals surface area contributed by atoms with E-state index in [4.69, 9.17) is 0 Å². The van der Waals surface area contributed by atoms with E-state index >= 15 is 0 Å². The number of hydrogen-bond acceptors (Lipinski definition) is 4. The SMILES string of the molecule is c1ccc(N(c2ccc(-c3ccc(-c4ccc5ccc(-c6cccc7c6sc6c(-c8ccccc8N(c8ccc(-c9ccc(-c%10cccc%11ccccc%10%11)cc9)cc8)c8ccc(-c9ccc%10ccccc%10c9)cc8)cccc67)cc5c4)cc3)cc2)c2ccc(-c3ccc(-c4cccc5ccccc45)cc3)cc2)c(-c2cccc3c2sc2ccccc23)c1. The van der Waals surface area contributed by atoms with Crippen molar-refractivity contribution in [2.45, 2.75) is 0 Å². The molecule has 23 rings (SSSR count). The van der Waals surface area contributed by atoms with Gasteiger partial charge in [-0.3, -0.25) is 0 Å². The molecule has 0 atom stereocenters. The summed E-state index contributed by atoms with van der Waals surface area (Å²) in [7, 11) is 0. The zero-order chi connectivity index (χ0) is 80.6. The second kappa shape index (κ2) is 30.6. The van der Waals surface area contributed by atoms with Gasteiger partial charge < -0.3 is 9.80 Å². The molecule has 0 radical (unpaired) electrons. The number of hydrogen-bond donors (Lipinski definition) is 0. The van der Waals surface area contributed by atoms with Crippen LogP contribution in [0.15, 0.2) is 461 Å². The van der Waals surface area contributed by atoms with Gasteiger partial charge in [-0.25, -0.2) is 0 Å². The number of fused-ring (bicyclic) bond motifs is 10. The average Bonchev–Trinajstić information content (AvgIpc) is 1.56. The Hall–Kier alpha value is -15.3. The van der Waals surface area contributed by atoms with Gasteiger partial charge >= 0.3 is 0 Å². The van der Waals surface area contributed by atoms with Crippen molar-refractivity contribution in [3.05, 3.63) is 461 Å². The largest absolute Gasteiger partial charge is 0.310 e. The van der Waals surface area contributed by atoms with Gasteiger partial charge in [-0.1, -0.05) is 376 Å². The van der Waals surface area contributed by atoms with Crippen molar-refractivity contribution in [1.29, 1.82) is 0 Å². The third-order valence-electron chi connectivity index (χ3n) is 24.7. The topological polar surface area (TPSA) is 6.48 Å².